The van der Waals surface area contributed by atoms with Crippen LogP contribution >= 0.6 is 15.9 Å². The zero-order valence-electron chi connectivity index (χ0n) is 14.1. The van der Waals surface area contributed by atoms with E-state index in [9.17, 15) is 14.4 Å². The third-order valence-corrected chi connectivity index (χ3v) is 4.24. The molecular weight excluding hydrogens is 412 g/mol. The molecule has 0 aromatic heterocycles. The lowest BCUT2D eigenvalue weighted by Gasteiger charge is -2.26. The molecule has 0 unspecified atom stereocenters. The van der Waals surface area contributed by atoms with E-state index in [0.29, 0.717) is 17.0 Å². The average Bonchev–Trinajstić information content (AvgIpc) is 2.65. The van der Waals surface area contributed by atoms with Crippen LogP contribution in [0.3, 0.4) is 0 Å². The van der Waals surface area contributed by atoms with Crippen LogP contribution in [0.5, 0.6) is 5.75 Å². The third-order valence-electron chi connectivity index (χ3n) is 3.74. The maximum absolute atomic E-state index is 12.9. The van der Waals surface area contributed by atoms with Crippen molar-refractivity contribution in [2.24, 2.45) is 0 Å². The first kappa shape index (κ1) is 18.6. The number of carbonyl (C=O) groups is 3. The van der Waals surface area contributed by atoms with Crippen molar-refractivity contribution in [1.29, 1.82) is 0 Å². The van der Waals surface area contributed by atoms with Crippen LogP contribution in [0.4, 0.5) is 10.5 Å². The van der Waals surface area contributed by atoms with E-state index in [1.807, 2.05) is 0 Å². The number of ether oxygens (including phenoxy) is 1. The summed E-state index contributed by atoms with van der Waals surface area (Å²) in [6.07, 6.45) is 3.00. The monoisotopic (exact) mass is 426 g/mol. The number of benzene rings is 2. The summed E-state index contributed by atoms with van der Waals surface area (Å²) < 4.78 is 6.33. The molecule has 136 valence electrons. The number of para-hydroxylation sites is 1. The van der Waals surface area contributed by atoms with E-state index in [1.54, 1.807) is 54.6 Å². The number of urea groups is 1. The fraction of sp³-hybridized carbons (Fsp3) is 0.0500. The van der Waals surface area contributed by atoms with Crippen molar-refractivity contribution in [3.63, 3.8) is 0 Å². The molecule has 0 spiro atoms. The van der Waals surface area contributed by atoms with E-state index in [4.69, 9.17) is 4.74 Å². The highest BCUT2D eigenvalue weighted by atomic mass is 79.9. The van der Waals surface area contributed by atoms with E-state index >= 15 is 0 Å². The summed E-state index contributed by atoms with van der Waals surface area (Å²) in [5.41, 5.74) is 0.725. The van der Waals surface area contributed by atoms with E-state index in [1.165, 1.54) is 6.08 Å². The summed E-state index contributed by atoms with van der Waals surface area (Å²) in [5.74, 6) is -0.981. The lowest BCUT2D eigenvalue weighted by molar-refractivity contribution is -0.122. The van der Waals surface area contributed by atoms with Gasteiger partial charge in [-0.1, -0.05) is 46.8 Å². The molecule has 2 aromatic rings. The van der Waals surface area contributed by atoms with E-state index in [2.05, 4.69) is 27.8 Å². The Morgan fingerprint density at radius 2 is 1.85 bits per heavy atom. The molecule has 1 fully saturated rings. The Labute approximate surface area is 164 Å². The largest absolute Gasteiger partial charge is 0.489 e. The topological polar surface area (TPSA) is 75.7 Å². The molecule has 4 amide bonds. The van der Waals surface area contributed by atoms with Crippen LogP contribution in [-0.2, 0) is 9.59 Å². The highest BCUT2D eigenvalue weighted by Crippen LogP contribution is 2.28. The number of rotatable bonds is 5. The standard InChI is InChI=1S/C20H15BrN2O4/c1-2-10-27-17-9-8-14(21)11-13(17)12-16-18(24)22-20(26)23(19(16)25)15-6-4-3-5-7-15/h2-9,11-12H,1,10H2,(H,22,24,26)/b16-12-. The van der Waals surface area contributed by atoms with Crippen LogP contribution in [-0.4, -0.2) is 24.5 Å². The molecule has 3 rings (SSSR count). The van der Waals surface area contributed by atoms with Crippen LogP contribution in [0, 0.1) is 0 Å². The van der Waals surface area contributed by atoms with Crippen LogP contribution in [0.1, 0.15) is 5.56 Å². The Kier molecular flexibility index (Phi) is 5.52. The fourth-order valence-corrected chi connectivity index (χ4v) is 2.92. The molecular formula is C20H15BrN2O4. The van der Waals surface area contributed by atoms with Gasteiger partial charge < -0.3 is 4.74 Å². The van der Waals surface area contributed by atoms with Crippen molar-refractivity contribution in [3.05, 3.63) is 76.8 Å². The number of nitrogens with one attached hydrogen (secondary N) is 1. The second-order valence-electron chi connectivity index (χ2n) is 5.58. The molecule has 6 nitrogen and oxygen atoms in total. The summed E-state index contributed by atoms with van der Waals surface area (Å²) in [5, 5.41) is 2.20. The van der Waals surface area contributed by atoms with Crippen molar-refractivity contribution in [3.8, 4) is 5.75 Å². The Hall–Kier alpha value is -3.19. The van der Waals surface area contributed by atoms with Crippen LogP contribution < -0.4 is 15.0 Å². The number of anilines is 1. The predicted octanol–water partition coefficient (Wildman–Crippen LogP) is 3.68. The van der Waals surface area contributed by atoms with E-state index in [0.717, 1.165) is 9.37 Å². The van der Waals surface area contributed by atoms with E-state index < -0.39 is 17.8 Å². The van der Waals surface area contributed by atoms with Gasteiger partial charge in [0, 0.05) is 10.0 Å². The minimum atomic E-state index is -0.786. The van der Waals surface area contributed by atoms with Crippen molar-refractivity contribution in [1.82, 2.24) is 5.32 Å². The van der Waals surface area contributed by atoms with Crippen LogP contribution in [0.2, 0.25) is 0 Å². The molecule has 0 radical (unpaired) electrons. The molecule has 0 bridgehead atoms. The van der Waals surface area contributed by atoms with Crippen molar-refractivity contribution < 1.29 is 19.1 Å². The third kappa shape index (κ3) is 3.98. The van der Waals surface area contributed by atoms with Crippen LogP contribution in [0.15, 0.2) is 71.2 Å². The van der Waals surface area contributed by atoms with Gasteiger partial charge in [-0.15, -0.1) is 0 Å². The minimum absolute atomic E-state index is 0.167. The van der Waals surface area contributed by atoms with Gasteiger partial charge in [-0.25, -0.2) is 9.69 Å². The number of nitrogens with zero attached hydrogens (tertiary/aromatic N) is 1. The molecule has 0 aliphatic carbocycles. The molecule has 27 heavy (non-hydrogen) atoms. The predicted molar refractivity (Wildman–Crippen MR) is 105 cm³/mol. The summed E-state index contributed by atoms with van der Waals surface area (Å²) in [7, 11) is 0. The quantitative estimate of drug-likeness (QED) is 0.449. The first-order chi connectivity index (χ1) is 13.0. The maximum Gasteiger partial charge on any atom is 0.335 e. The SMILES string of the molecule is C=CCOc1ccc(Br)cc1/C=C1/C(=O)NC(=O)N(c2ccccc2)C1=O. The van der Waals surface area contributed by atoms with Crippen LogP contribution in [0.25, 0.3) is 6.08 Å². The number of halogens is 1. The van der Waals surface area contributed by atoms with Gasteiger partial charge in [0.25, 0.3) is 11.8 Å². The lowest BCUT2D eigenvalue weighted by atomic mass is 10.1. The molecule has 1 N–H and O–H groups in total. The number of amides is 4. The zero-order chi connectivity index (χ0) is 19.4. The van der Waals surface area contributed by atoms with Gasteiger partial charge in [0.15, 0.2) is 0 Å². The molecule has 1 aliphatic rings. The smallest absolute Gasteiger partial charge is 0.335 e. The molecule has 1 saturated heterocycles. The molecule has 1 aliphatic heterocycles. The molecule has 0 saturated carbocycles. The fourth-order valence-electron chi connectivity index (χ4n) is 2.54. The van der Waals surface area contributed by atoms with Gasteiger partial charge in [0.1, 0.15) is 17.9 Å². The van der Waals surface area contributed by atoms with Crippen molar-refractivity contribution >= 4 is 45.5 Å². The highest BCUT2D eigenvalue weighted by Gasteiger charge is 2.36. The number of imide groups is 2. The highest BCUT2D eigenvalue weighted by molar-refractivity contribution is 9.10. The number of barbiturate groups is 1. The van der Waals surface area contributed by atoms with E-state index in [-0.39, 0.29) is 12.2 Å². The van der Waals surface area contributed by atoms with Gasteiger partial charge in [-0.2, -0.15) is 0 Å². The van der Waals surface area contributed by atoms with Gasteiger partial charge in [0.2, 0.25) is 0 Å². The zero-order valence-corrected chi connectivity index (χ0v) is 15.7. The molecule has 0 atom stereocenters. The van der Waals surface area contributed by atoms with Gasteiger partial charge in [-0.3, -0.25) is 14.9 Å². The van der Waals surface area contributed by atoms with Crippen molar-refractivity contribution in [2.75, 3.05) is 11.5 Å². The average molecular weight is 427 g/mol. The second kappa shape index (κ2) is 8.01. The number of carbonyl (C=O) groups excluding carboxylic acids is 3. The number of hydrogen-bond donors (Lipinski definition) is 1. The summed E-state index contributed by atoms with van der Waals surface area (Å²) >= 11 is 3.36. The molecule has 1 heterocycles. The summed E-state index contributed by atoms with van der Waals surface area (Å²) in [6.45, 7) is 3.87. The lowest BCUT2D eigenvalue weighted by Crippen LogP contribution is -2.54. The Bertz CT molecular complexity index is 954. The Morgan fingerprint density at radius 1 is 1.11 bits per heavy atom. The van der Waals surface area contributed by atoms with Gasteiger partial charge in [-0.05, 0) is 36.4 Å². The minimum Gasteiger partial charge on any atom is -0.489 e. The second-order valence-corrected chi connectivity index (χ2v) is 6.49. The summed E-state index contributed by atoms with van der Waals surface area (Å²) in [6, 6.07) is 12.8. The molecule has 2 aromatic carbocycles. The molecule has 7 heteroatoms. The Balaban J connectivity index is 2.03. The van der Waals surface area contributed by atoms with Crippen molar-refractivity contribution in [2.45, 2.75) is 0 Å². The summed E-state index contributed by atoms with van der Waals surface area (Å²) in [4.78, 5) is 38.3. The first-order valence-electron chi connectivity index (χ1n) is 8.01. The Morgan fingerprint density at radius 3 is 2.56 bits per heavy atom. The normalized spacial score (nSPS) is 15.7. The van der Waals surface area contributed by atoms with Gasteiger partial charge in [0.05, 0.1) is 5.69 Å². The van der Waals surface area contributed by atoms with Gasteiger partial charge >= 0.3 is 6.03 Å². The first-order valence-corrected chi connectivity index (χ1v) is 8.80. The maximum atomic E-state index is 12.9. The number of hydrogen-bond acceptors (Lipinski definition) is 4.